The molecule has 26 heavy (non-hydrogen) atoms. The summed E-state index contributed by atoms with van der Waals surface area (Å²) >= 11 is 0. The average Bonchev–Trinajstić information content (AvgIpc) is 3.09. The minimum absolute atomic E-state index is 0.0560. The average molecular weight is 358 g/mol. The van der Waals surface area contributed by atoms with Crippen LogP contribution >= 0.6 is 0 Å². The maximum absolute atomic E-state index is 13.7. The SMILES string of the molecule is Cc1ccc(-c2noc(C(C)NC(=O)C3CC34CCNCC4)n2)cc1F. The van der Waals surface area contributed by atoms with Crippen molar-refractivity contribution >= 4 is 5.91 Å². The van der Waals surface area contributed by atoms with Crippen LogP contribution in [-0.4, -0.2) is 29.1 Å². The van der Waals surface area contributed by atoms with Gasteiger partial charge < -0.3 is 15.2 Å². The third-order valence-corrected chi connectivity index (χ3v) is 5.71. The van der Waals surface area contributed by atoms with Crippen LogP contribution in [0.4, 0.5) is 4.39 Å². The Kier molecular flexibility index (Phi) is 4.26. The topological polar surface area (TPSA) is 80.0 Å². The number of nitrogens with zero attached hydrogens (tertiary/aromatic N) is 2. The molecule has 2 unspecified atom stereocenters. The zero-order valence-corrected chi connectivity index (χ0v) is 15.0. The lowest BCUT2D eigenvalue weighted by atomic mass is 9.91. The van der Waals surface area contributed by atoms with E-state index in [1.165, 1.54) is 6.07 Å². The maximum atomic E-state index is 13.7. The highest BCUT2D eigenvalue weighted by atomic mass is 19.1. The van der Waals surface area contributed by atoms with Crippen LogP contribution in [0.3, 0.4) is 0 Å². The number of aromatic nitrogens is 2. The van der Waals surface area contributed by atoms with Crippen molar-refractivity contribution in [2.75, 3.05) is 13.1 Å². The number of carbonyl (C=O) groups excluding carboxylic acids is 1. The Labute approximate surface area is 151 Å². The van der Waals surface area contributed by atoms with Gasteiger partial charge in [0.15, 0.2) is 0 Å². The van der Waals surface area contributed by atoms with Crippen LogP contribution in [0.1, 0.15) is 43.7 Å². The highest BCUT2D eigenvalue weighted by Crippen LogP contribution is 2.58. The van der Waals surface area contributed by atoms with Crippen LogP contribution in [0, 0.1) is 24.1 Å². The van der Waals surface area contributed by atoms with Crippen LogP contribution in [0.25, 0.3) is 11.4 Å². The van der Waals surface area contributed by atoms with E-state index in [2.05, 4.69) is 20.8 Å². The van der Waals surface area contributed by atoms with Crippen LogP contribution in [-0.2, 0) is 4.79 Å². The lowest BCUT2D eigenvalue weighted by molar-refractivity contribution is -0.124. The largest absolute Gasteiger partial charge is 0.344 e. The van der Waals surface area contributed by atoms with Crippen LogP contribution in [0.5, 0.6) is 0 Å². The van der Waals surface area contributed by atoms with Gasteiger partial charge in [-0.15, -0.1) is 0 Å². The molecule has 1 saturated heterocycles. The van der Waals surface area contributed by atoms with E-state index in [1.807, 2.05) is 6.92 Å². The van der Waals surface area contributed by atoms with E-state index >= 15 is 0 Å². The normalized spacial score (nSPS) is 22.2. The van der Waals surface area contributed by atoms with E-state index in [9.17, 15) is 9.18 Å². The van der Waals surface area contributed by atoms with Gasteiger partial charge in [0.2, 0.25) is 17.6 Å². The third kappa shape index (κ3) is 3.11. The van der Waals surface area contributed by atoms with E-state index in [-0.39, 0.29) is 29.1 Å². The molecular formula is C19H23FN4O2. The molecule has 2 fully saturated rings. The first kappa shape index (κ1) is 17.1. The van der Waals surface area contributed by atoms with Crippen molar-refractivity contribution in [2.24, 2.45) is 11.3 Å². The molecular weight excluding hydrogens is 335 g/mol. The predicted octanol–water partition coefficient (Wildman–Crippen LogP) is 2.75. The zero-order valence-electron chi connectivity index (χ0n) is 15.0. The molecule has 1 saturated carbocycles. The quantitative estimate of drug-likeness (QED) is 0.878. The zero-order chi connectivity index (χ0) is 18.3. The van der Waals surface area contributed by atoms with Crippen molar-refractivity contribution in [3.8, 4) is 11.4 Å². The Morgan fingerprint density at radius 1 is 1.42 bits per heavy atom. The summed E-state index contributed by atoms with van der Waals surface area (Å²) in [5.74, 6) is 0.480. The van der Waals surface area contributed by atoms with Crippen molar-refractivity contribution < 1.29 is 13.7 Å². The van der Waals surface area contributed by atoms with Crippen molar-refractivity contribution in [3.63, 3.8) is 0 Å². The Morgan fingerprint density at radius 3 is 2.92 bits per heavy atom. The van der Waals surface area contributed by atoms with E-state index < -0.39 is 0 Å². The molecule has 2 heterocycles. The molecule has 2 atom stereocenters. The molecule has 1 aromatic carbocycles. The fraction of sp³-hybridized carbons (Fsp3) is 0.526. The smallest absolute Gasteiger partial charge is 0.249 e. The van der Waals surface area contributed by atoms with Crippen molar-refractivity contribution in [1.29, 1.82) is 0 Å². The number of piperidine rings is 1. The second kappa shape index (κ2) is 6.46. The Morgan fingerprint density at radius 2 is 2.19 bits per heavy atom. The number of carbonyl (C=O) groups is 1. The molecule has 2 aliphatic rings. The van der Waals surface area contributed by atoms with E-state index in [0.29, 0.717) is 22.8 Å². The van der Waals surface area contributed by atoms with E-state index in [1.54, 1.807) is 19.1 Å². The lowest BCUT2D eigenvalue weighted by Gasteiger charge is -2.23. The number of hydrogen-bond donors (Lipinski definition) is 2. The molecule has 7 heteroatoms. The van der Waals surface area contributed by atoms with Crippen LogP contribution < -0.4 is 10.6 Å². The van der Waals surface area contributed by atoms with Gasteiger partial charge in [0.25, 0.3) is 0 Å². The monoisotopic (exact) mass is 358 g/mol. The summed E-state index contributed by atoms with van der Waals surface area (Å²) in [5, 5.41) is 10.2. The molecule has 0 radical (unpaired) electrons. The highest BCUT2D eigenvalue weighted by molar-refractivity contribution is 5.82. The highest BCUT2D eigenvalue weighted by Gasteiger charge is 2.57. The molecule has 1 aromatic heterocycles. The fourth-order valence-electron chi connectivity index (χ4n) is 3.83. The van der Waals surface area contributed by atoms with Gasteiger partial charge in [-0.3, -0.25) is 4.79 Å². The standard InChI is InChI=1S/C19H23FN4O2/c1-11-3-4-13(9-15(11)20)16-23-18(26-24-16)12(2)22-17(25)14-10-19(14)5-7-21-8-6-19/h3-4,9,12,14,21H,5-8,10H2,1-2H3,(H,22,25). The van der Waals surface area contributed by atoms with Gasteiger partial charge in [0.1, 0.15) is 11.9 Å². The number of rotatable bonds is 4. The van der Waals surface area contributed by atoms with Gasteiger partial charge in [0.05, 0.1) is 0 Å². The number of aryl methyl sites for hydroxylation is 1. The second-order valence-corrected chi connectivity index (χ2v) is 7.52. The number of halogens is 1. The summed E-state index contributed by atoms with van der Waals surface area (Å²) < 4.78 is 19.0. The van der Waals surface area contributed by atoms with Crippen LogP contribution in [0.15, 0.2) is 22.7 Å². The van der Waals surface area contributed by atoms with Crippen molar-refractivity contribution in [3.05, 3.63) is 35.5 Å². The minimum Gasteiger partial charge on any atom is -0.344 e. The molecule has 1 aliphatic carbocycles. The summed E-state index contributed by atoms with van der Waals surface area (Å²) in [6.07, 6.45) is 3.08. The van der Waals surface area contributed by atoms with E-state index in [4.69, 9.17) is 4.52 Å². The van der Waals surface area contributed by atoms with Crippen LogP contribution in [0.2, 0.25) is 0 Å². The predicted molar refractivity (Wildman–Crippen MR) is 93.6 cm³/mol. The van der Waals surface area contributed by atoms with Gasteiger partial charge in [-0.25, -0.2) is 4.39 Å². The lowest BCUT2D eigenvalue weighted by Crippen LogP contribution is -2.34. The summed E-state index contributed by atoms with van der Waals surface area (Å²) in [6.45, 7) is 5.49. The van der Waals surface area contributed by atoms with Gasteiger partial charge in [0, 0.05) is 11.5 Å². The van der Waals surface area contributed by atoms with Gasteiger partial charge in [-0.05, 0) is 63.2 Å². The van der Waals surface area contributed by atoms with Crippen molar-refractivity contribution in [1.82, 2.24) is 20.8 Å². The number of benzene rings is 1. The third-order valence-electron chi connectivity index (χ3n) is 5.71. The number of hydrogen-bond acceptors (Lipinski definition) is 5. The maximum Gasteiger partial charge on any atom is 0.249 e. The molecule has 2 N–H and O–H groups in total. The molecule has 1 amide bonds. The Hall–Kier alpha value is -2.28. The summed E-state index contributed by atoms with van der Waals surface area (Å²) in [6, 6.07) is 4.44. The fourth-order valence-corrected chi connectivity index (χ4v) is 3.83. The molecule has 0 bridgehead atoms. The minimum atomic E-state index is -0.376. The van der Waals surface area contributed by atoms with E-state index in [0.717, 1.165) is 32.4 Å². The number of amides is 1. The first-order chi connectivity index (χ1) is 12.5. The van der Waals surface area contributed by atoms with Gasteiger partial charge >= 0.3 is 0 Å². The molecule has 1 aliphatic heterocycles. The summed E-state index contributed by atoms with van der Waals surface area (Å²) in [7, 11) is 0. The molecule has 4 rings (SSSR count). The Bertz CT molecular complexity index is 829. The van der Waals surface area contributed by atoms with Crippen molar-refractivity contribution in [2.45, 2.75) is 39.2 Å². The molecule has 1 spiro atoms. The van der Waals surface area contributed by atoms with Gasteiger partial charge in [-0.2, -0.15) is 4.98 Å². The summed E-state index contributed by atoms with van der Waals surface area (Å²) in [5.41, 5.74) is 1.31. The first-order valence-corrected chi connectivity index (χ1v) is 9.10. The first-order valence-electron chi connectivity index (χ1n) is 9.10. The second-order valence-electron chi connectivity index (χ2n) is 7.52. The molecule has 138 valence electrons. The number of nitrogens with one attached hydrogen (secondary N) is 2. The molecule has 6 nitrogen and oxygen atoms in total. The summed E-state index contributed by atoms with van der Waals surface area (Å²) in [4.78, 5) is 16.9. The Balaban J connectivity index is 1.41. The molecule has 2 aromatic rings. The van der Waals surface area contributed by atoms with Gasteiger partial charge in [-0.1, -0.05) is 17.3 Å².